The molecule has 6 N–H and O–H groups in total. The van der Waals surface area contributed by atoms with Crippen molar-refractivity contribution in [2.45, 2.75) is 12.8 Å². The fourth-order valence-electron chi connectivity index (χ4n) is 0.371. The maximum absolute atomic E-state index is 4.74. The van der Waals surface area contributed by atoms with Gasteiger partial charge in [0.15, 0.2) is 0 Å². The number of unbranched alkanes of at least 4 members (excludes halogenated alkanes) is 1. The van der Waals surface area contributed by atoms with E-state index >= 15 is 0 Å². The minimum absolute atomic E-state index is 0. The van der Waals surface area contributed by atoms with Crippen LogP contribution < -0.4 is 11.8 Å². The van der Waals surface area contributed by atoms with Gasteiger partial charge >= 0.3 is 0 Å². The van der Waals surface area contributed by atoms with E-state index in [4.69, 9.17) is 11.8 Å². The summed E-state index contributed by atoms with van der Waals surface area (Å²) in [5.74, 6) is 9.48. The highest BCUT2D eigenvalue weighted by molar-refractivity contribution is 5.85. The molecular weight excluding hydrogens is 160 g/mol. The SMILES string of the molecule is Cl.NOCCCCON.O. The lowest BCUT2D eigenvalue weighted by atomic mass is 10.3. The quantitative estimate of drug-likeness (QED) is 0.418. The number of rotatable bonds is 5. The monoisotopic (exact) mass is 174 g/mol. The molecule has 0 unspecified atom stereocenters. The average molecular weight is 175 g/mol. The molecule has 0 aliphatic heterocycles. The summed E-state index contributed by atoms with van der Waals surface area (Å²) >= 11 is 0. The van der Waals surface area contributed by atoms with E-state index < -0.39 is 0 Å². The van der Waals surface area contributed by atoms with Crippen molar-refractivity contribution in [2.75, 3.05) is 13.2 Å². The summed E-state index contributed by atoms with van der Waals surface area (Å²) in [4.78, 5) is 8.58. The van der Waals surface area contributed by atoms with Crippen LogP contribution in [0.15, 0.2) is 0 Å². The second kappa shape index (κ2) is 16.0. The molecule has 10 heavy (non-hydrogen) atoms. The minimum atomic E-state index is 0. The first-order chi connectivity index (χ1) is 3.91. The van der Waals surface area contributed by atoms with Gasteiger partial charge in [0.1, 0.15) is 0 Å². The molecular formula is C4H15ClN2O3. The van der Waals surface area contributed by atoms with Gasteiger partial charge in [-0.15, -0.1) is 12.4 Å². The number of halogens is 1. The molecule has 66 valence electrons. The van der Waals surface area contributed by atoms with Crippen LogP contribution in [0.2, 0.25) is 0 Å². The third-order valence-electron chi connectivity index (χ3n) is 0.774. The number of hydrogen-bond acceptors (Lipinski definition) is 4. The first kappa shape index (κ1) is 16.6. The van der Waals surface area contributed by atoms with Crippen molar-refractivity contribution >= 4 is 12.4 Å². The van der Waals surface area contributed by atoms with Crippen molar-refractivity contribution in [2.24, 2.45) is 11.8 Å². The number of hydrogen-bond donors (Lipinski definition) is 2. The van der Waals surface area contributed by atoms with E-state index in [1.807, 2.05) is 0 Å². The van der Waals surface area contributed by atoms with Gasteiger partial charge in [0, 0.05) is 0 Å². The van der Waals surface area contributed by atoms with Crippen LogP contribution in [0.25, 0.3) is 0 Å². The van der Waals surface area contributed by atoms with Crippen molar-refractivity contribution in [3.63, 3.8) is 0 Å². The van der Waals surface area contributed by atoms with E-state index in [2.05, 4.69) is 9.68 Å². The van der Waals surface area contributed by atoms with Crippen LogP contribution in [0.3, 0.4) is 0 Å². The van der Waals surface area contributed by atoms with Crippen LogP contribution in [0.1, 0.15) is 12.8 Å². The molecule has 0 bridgehead atoms. The lowest BCUT2D eigenvalue weighted by Gasteiger charge is -1.95. The van der Waals surface area contributed by atoms with Crippen molar-refractivity contribution < 1.29 is 15.2 Å². The van der Waals surface area contributed by atoms with E-state index in [9.17, 15) is 0 Å². The molecule has 0 atom stereocenters. The Kier molecular flexibility index (Phi) is 26.6. The lowest BCUT2D eigenvalue weighted by Crippen LogP contribution is -2.04. The minimum Gasteiger partial charge on any atom is -0.412 e. The van der Waals surface area contributed by atoms with Gasteiger partial charge in [-0.05, 0) is 12.8 Å². The van der Waals surface area contributed by atoms with E-state index in [0.29, 0.717) is 13.2 Å². The second-order valence-electron chi connectivity index (χ2n) is 1.45. The summed E-state index contributed by atoms with van der Waals surface area (Å²) in [6.45, 7) is 1.15. The van der Waals surface area contributed by atoms with Crippen LogP contribution in [0.5, 0.6) is 0 Å². The summed E-state index contributed by atoms with van der Waals surface area (Å²) in [6, 6.07) is 0. The maximum atomic E-state index is 4.74. The molecule has 0 aromatic heterocycles. The zero-order valence-electron chi connectivity index (χ0n) is 5.71. The largest absolute Gasteiger partial charge is 0.412 e. The van der Waals surface area contributed by atoms with Gasteiger partial charge in [-0.25, -0.2) is 11.8 Å². The lowest BCUT2D eigenvalue weighted by molar-refractivity contribution is 0.105. The first-order valence-corrected chi connectivity index (χ1v) is 2.55. The maximum Gasteiger partial charge on any atom is 0.0680 e. The summed E-state index contributed by atoms with van der Waals surface area (Å²) in [5.41, 5.74) is 0. The normalized spacial score (nSPS) is 7.80. The van der Waals surface area contributed by atoms with E-state index in [1.165, 1.54) is 0 Å². The molecule has 0 rings (SSSR count). The molecule has 0 saturated heterocycles. The van der Waals surface area contributed by atoms with Crippen molar-refractivity contribution in [3.8, 4) is 0 Å². The zero-order valence-corrected chi connectivity index (χ0v) is 6.52. The van der Waals surface area contributed by atoms with Gasteiger partial charge in [-0.1, -0.05) is 0 Å². The van der Waals surface area contributed by atoms with Crippen LogP contribution in [-0.2, 0) is 9.68 Å². The van der Waals surface area contributed by atoms with Crippen LogP contribution in [0, 0.1) is 0 Å². The van der Waals surface area contributed by atoms with Gasteiger partial charge in [-0.3, -0.25) is 0 Å². The van der Waals surface area contributed by atoms with Crippen LogP contribution in [-0.4, -0.2) is 18.7 Å². The second-order valence-corrected chi connectivity index (χ2v) is 1.45. The van der Waals surface area contributed by atoms with Gasteiger partial charge in [0.05, 0.1) is 13.2 Å². The Morgan fingerprint density at radius 1 is 0.900 bits per heavy atom. The predicted molar refractivity (Wildman–Crippen MR) is 40.4 cm³/mol. The zero-order chi connectivity index (χ0) is 6.24. The van der Waals surface area contributed by atoms with Gasteiger partial charge in [0.25, 0.3) is 0 Å². The Morgan fingerprint density at radius 2 is 1.20 bits per heavy atom. The van der Waals surface area contributed by atoms with E-state index in [0.717, 1.165) is 12.8 Å². The van der Waals surface area contributed by atoms with Crippen LogP contribution >= 0.6 is 12.4 Å². The third-order valence-corrected chi connectivity index (χ3v) is 0.774. The van der Waals surface area contributed by atoms with E-state index in [1.54, 1.807) is 0 Å². The molecule has 0 aliphatic rings. The number of nitrogens with two attached hydrogens (primary N) is 2. The molecule has 0 saturated carbocycles. The van der Waals surface area contributed by atoms with Gasteiger partial charge in [-0.2, -0.15) is 0 Å². The molecule has 0 aromatic carbocycles. The first-order valence-electron chi connectivity index (χ1n) is 2.55. The molecule has 0 aromatic rings. The molecule has 0 spiro atoms. The third kappa shape index (κ3) is 15.7. The molecule has 0 radical (unpaired) electrons. The summed E-state index contributed by atoms with van der Waals surface area (Å²) < 4.78 is 0. The van der Waals surface area contributed by atoms with Gasteiger partial charge < -0.3 is 15.2 Å². The summed E-state index contributed by atoms with van der Waals surface area (Å²) in [6.07, 6.45) is 1.79. The Hall–Kier alpha value is 0.0900. The van der Waals surface area contributed by atoms with Crippen molar-refractivity contribution in [1.29, 1.82) is 0 Å². The Labute approximate surface area is 66.3 Å². The van der Waals surface area contributed by atoms with Crippen molar-refractivity contribution in [1.82, 2.24) is 0 Å². The predicted octanol–water partition coefficient (Wildman–Crippen LogP) is -0.856. The summed E-state index contributed by atoms with van der Waals surface area (Å²) in [7, 11) is 0. The molecule has 6 heteroatoms. The fraction of sp³-hybridized carbons (Fsp3) is 1.00. The Morgan fingerprint density at radius 3 is 1.40 bits per heavy atom. The van der Waals surface area contributed by atoms with Crippen LogP contribution in [0.4, 0.5) is 0 Å². The van der Waals surface area contributed by atoms with E-state index in [-0.39, 0.29) is 17.9 Å². The molecule has 0 amide bonds. The average Bonchev–Trinajstić information content (AvgIpc) is 1.81. The molecule has 0 heterocycles. The highest BCUT2D eigenvalue weighted by atomic mass is 35.5. The fourth-order valence-corrected chi connectivity index (χ4v) is 0.371. The smallest absolute Gasteiger partial charge is 0.0680 e. The molecule has 0 fully saturated rings. The van der Waals surface area contributed by atoms with Gasteiger partial charge in [0.2, 0.25) is 0 Å². The standard InChI is InChI=1S/C4H12N2O2.ClH.H2O/c5-7-3-1-2-4-8-6;;/h1-6H2;1H;1H2. The Bertz CT molecular complexity index is 43.5. The highest BCUT2D eigenvalue weighted by Gasteiger charge is 1.84. The topological polar surface area (TPSA) is 102 Å². The molecule has 5 nitrogen and oxygen atoms in total. The highest BCUT2D eigenvalue weighted by Crippen LogP contribution is 1.85. The molecule has 0 aliphatic carbocycles. The van der Waals surface area contributed by atoms with Crippen molar-refractivity contribution in [3.05, 3.63) is 0 Å². The Balaban J connectivity index is -0.000000245. The summed E-state index contributed by atoms with van der Waals surface area (Å²) in [5, 5.41) is 0.